The van der Waals surface area contributed by atoms with Crippen molar-refractivity contribution >= 4 is 51.9 Å². The molecule has 2 aromatic rings. The first-order valence-corrected chi connectivity index (χ1v) is 12.4. The van der Waals surface area contributed by atoms with Crippen LogP contribution in [0.15, 0.2) is 47.4 Å². The van der Waals surface area contributed by atoms with E-state index in [1.165, 1.54) is 11.8 Å². The summed E-state index contributed by atoms with van der Waals surface area (Å²) in [6.07, 6.45) is 4.55. The highest BCUT2D eigenvalue weighted by Gasteiger charge is 2.31. The third-order valence-corrected chi connectivity index (χ3v) is 6.69. The van der Waals surface area contributed by atoms with Gasteiger partial charge in [-0.1, -0.05) is 48.6 Å². The van der Waals surface area contributed by atoms with E-state index in [4.69, 9.17) is 26.4 Å². The fourth-order valence-electron chi connectivity index (χ4n) is 3.64. The van der Waals surface area contributed by atoms with E-state index in [0.29, 0.717) is 51.7 Å². The highest BCUT2D eigenvalue weighted by atomic mass is 32.2. The molecule has 2 aromatic carbocycles. The van der Waals surface area contributed by atoms with Gasteiger partial charge in [0.2, 0.25) is 12.7 Å². The van der Waals surface area contributed by atoms with Crippen LogP contribution in [0.1, 0.15) is 38.2 Å². The molecule has 7 nitrogen and oxygen atoms in total. The van der Waals surface area contributed by atoms with Gasteiger partial charge in [-0.2, -0.15) is 0 Å². The minimum atomic E-state index is -0.0852. The van der Waals surface area contributed by atoms with Crippen molar-refractivity contribution in [1.82, 2.24) is 4.90 Å². The summed E-state index contributed by atoms with van der Waals surface area (Å²) in [5.41, 5.74) is 1.54. The lowest BCUT2D eigenvalue weighted by Crippen LogP contribution is -2.29. The van der Waals surface area contributed by atoms with Crippen LogP contribution >= 0.6 is 24.0 Å². The summed E-state index contributed by atoms with van der Waals surface area (Å²) in [6.45, 7) is 3.20. The van der Waals surface area contributed by atoms with Crippen molar-refractivity contribution < 1.29 is 23.8 Å². The number of benzene rings is 2. The van der Waals surface area contributed by atoms with Gasteiger partial charge in [0.05, 0.1) is 17.2 Å². The number of hydrogen-bond acceptors (Lipinski definition) is 7. The first-order chi connectivity index (χ1) is 16.5. The Balaban J connectivity index is 1.22. The van der Waals surface area contributed by atoms with E-state index in [2.05, 4.69) is 5.32 Å². The van der Waals surface area contributed by atoms with Gasteiger partial charge in [-0.25, -0.2) is 0 Å². The Labute approximate surface area is 208 Å². The first kappa shape index (κ1) is 24.1. The average Bonchev–Trinajstić information content (AvgIpc) is 3.39. The van der Waals surface area contributed by atoms with Crippen LogP contribution in [0.3, 0.4) is 0 Å². The van der Waals surface area contributed by atoms with Gasteiger partial charge in [0, 0.05) is 13.0 Å². The Hall–Kier alpha value is -3.04. The van der Waals surface area contributed by atoms with Crippen LogP contribution in [0.2, 0.25) is 0 Å². The topological polar surface area (TPSA) is 77.1 Å². The van der Waals surface area contributed by atoms with E-state index < -0.39 is 0 Å². The number of ether oxygens (including phenoxy) is 3. The number of amides is 2. The number of thiocarbonyl (C=S) groups is 1. The average molecular weight is 499 g/mol. The quantitative estimate of drug-likeness (QED) is 0.274. The van der Waals surface area contributed by atoms with Crippen molar-refractivity contribution in [3.63, 3.8) is 0 Å². The summed E-state index contributed by atoms with van der Waals surface area (Å²) < 4.78 is 16.8. The molecule has 2 aliphatic rings. The Kier molecular flexibility index (Phi) is 8.08. The molecule has 34 heavy (non-hydrogen) atoms. The zero-order chi connectivity index (χ0) is 23.9. The Morgan fingerprint density at radius 3 is 2.85 bits per heavy atom. The Bertz CT molecular complexity index is 1120. The van der Waals surface area contributed by atoms with Gasteiger partial charge >= 0.3 is 0 Å². The number of anilines is 1. The number of rotatable bonds is 10. The van der Waals surface area contributed by atoms with E-state index in [1.54, 1.807) is 4.90 Å². The summed E-state index contributed by atoms with van der Waals surface area (Å²) in [6, 6.07) is 13.0. The molecule has 0 atom stereocenters. The van der Waals surface area contributed by atoms with Crippen molar-refractivity contribution in [1.29, 1.82) is 0 Å². The van der Waals surface area contributed by atoms with Crippen LogP contribution in [0, 0.1) is 0 Å². The minimum Gasteiger partial charge on any atom is -0.492 e. The maximum atomic E-state index is 12.8. The fraction of sp³-hybridized carbons (Fsp3) is 0.320. The SMILES string of the molecule is CCOc1ccccc1NC(=O)CCCCCN1C(=O)/C(=C/c2ccc3c(c2)OCO3)SC1=S. The van der Waals surface area contributed by atoms with Gasteiger partial charge < -0.3 is 19.5 Å². The highest BCUT2D eigenvalue weighted by Crippen LogP contribution is 2.36. The molecule has 2 heterocycles. The van der Waals surface area contributed by atoms with Gasteiger partial charge in [0.1, 0.15) is 10.1 Å². The predicted octanol–water partition coefficient (Wildman–Crippen LogP) is 5.21. The monoisotopic (exact) mass is 498 g/mol. The van der Waals surface area contributed by atoms with E-state index >= 15 is 0 Å². The molecule has 0 aliphatic carbocycles. The second kappa shape index (κ2) is 11.4. The molecule has 1 saturated heterocycles. The van der Waals surface area contributed by atoms with Crippen LogP contribution in [-0.2, 0) is 9.59 Å². The van der Waals surface area contributed by atoms with Gasteiger partial charge in [-0.05, 0) is 55.7 Å². The third kappa shape index (κ3) is 5.90. The number of hydrogen-bond donors (Lipinski definition) is 1. The maximum absolute atomic E-state index is 12.8. The number of carbonyl (C=O) groups excluding carboxylic acids is 2. The first-order valence-electron chi connectivity index (χ1n) is 11.2. The van der Waals surface area contributed by atoms with Crippen LogP contribution in [-0.4, -0.2) is 41.0 Å². The van der Waals surface area contributed by atoms with Crippen molar-refractivity contribution in [2.75, 3.05) is 25.3 Å². The van der Waals surface area contributed by atoms with Crippen molar-refractivity contribution in [3.8, 4) is 17.2 Å². The van der Waals surface area contributed by atoms with Gasteiger partial charge in [0.25, 0.3) is 5.91 Å². The Morgan fingerprint density at radius 2 is 2.00 bits per heavy atom. The number of fused-ring (bicyclic) bond motifs is 1. The van der Waals surface area contributed by atoms with Gasteiger partial charge in [-0.15, -0.1) is 0 Å². The molecule has 1 N–H and O–H groups in total. The van der Waals surface area contributed by atoms with Gasteiger partial charge in [-0.3, -0.25) is 14.5 Å². The van der Waals surface area contributed by atoms with Crippen molar-refractivity contribution in [3.05, 3.63) is 52.9 Å². The summed E-state index contributed by atoms with van der Waals surface area (Å²) in [7, 11) is 0. The second-order valence-corrected chi connectivity index (χ2v) is 9.41. The molecule has 0 saturated carbocycles. The number of thioether (sulfide) groups is 1. The van der Waals surface area contributed by atoms with Crippen molar-refractivity contribution in [2.45, 2.75) is 32.6 Å². The second-order valence-electron chi connectivity index (χ2n) is 7.73. The molecular formula is C25H26N2O5S2. The molecule has 2 aliphatic heterocycles. The number of nitrogens with zero attached hydrogens (tertiary/aromatic N) is 1. The zero-order valence-corrected chi connectivity index (χ0v) is 20.5. The molecule has 0 radical (unpaired) electrons. The minimum absolute atomic E-state index is 0.0515. The largest absolute Gasteiger partial charge is 0.492 e. The highest BCUT2D eigenvalue weighted by molar-refractivity contribution is 8.26. The Morgan fingerprint density at radius 1 is 1.18 bits per heavy atom. The normalized spacial score (nSPS) is 15.8. The molecule has 1 fully saturated rings. The van der Waals surface area contributed by atoms with Crippen LogP contribution in [0.25, 0.3) is 6.08 Å². The number of para-hydroxylation sites is 2. The lowest BCUT2D eigenvalue weighted by Gasteiger charge is -2.14. The predicted molar refractivity (Wildman–Crippen MR) is 137 cm³/mol. The summed E-state index contributed by atoms with van der Waals surface area (Å²) in [5.74, 6) is 1.91. The molecular weight excluding hydrogens is 472 g/mol. The molecule has 0 bridgehead atoms. The third-order valence-electron chi connectivity index (χ3n) is 5.31. The molecule has 0 aromatic heterocycles. The van der Waals surface area contributed by atoms with Crippen LogP contribution in [0.5, 0.6) is 17.2 Å². The van der Waals surface area contributed by atoms with Crippen LogP contribution in [0.4, 0.5) is 5.69 Å². The standard InChI is InChI=1S/C25H26N2O5S2/c1-2-30-19-9-6-5-8-18(19)26-23(28)10-4-3-7-13-27-24(29)22(34-25(27)33)15-17-11-12-20-21(14-17)32-16-31-20/h5-6,8-9,11-12,14-15H,2-4,7,10,13,16H2,1H3,(H,26,28)/b22-15-. The van der Waals surface area contributed by atoms with E-state index in [9.17, 15) is 9.59 Å². The summed E-state index contributed by atoms with van der Waals surface area (Å²) in [4.78, 5) is 27.4. The van der Waals surface area contributed by atoms with E-state index in [-0.39, 0.29) is 18.6 Å². The number of unbranched alkanes of at least 4 members (excludes halogenated alkanes) is 2. The van der Waals surface area contributed by atoms with Gasteiger partial charge in [0.15, 0.2) is 11.5 Å². The van der Waals surface area contributed by atoms with Crippen molar-refractivity contribution in [2.24, 2.45) is 0 Å². The molecule has 178 valence electrons. The molecule has 9 heteroatoms. The molecule has 0 unspecified atom stereocenters. The molecule has 4 rings (SSSR count). The van der Waals surface area contributed by atoms with E-state index in [0.717, 1.165) is 24.8 Å². The lowest BCUT2D eigenvalue weighted by atomic mass is 10.1. The van der Waals surface area contributed by atoms with E-state index in [1.807, 2.05) is 55.5 Å². The fourth-order valence-corrected chi connectivity index (χ4v) is 4.95. The summed E-state index contributed by atoms with van der Waals surface area (Å²) in [5, 5.41) is 2.91. The molecule has 2 amide bonds. The number of nitrogens with one attached hydrogen (secondary N) is 1. The number of carbonyl (C=O) groups is 2. The molecule has 0 spiro atoms. The smallest absolute Gasteiger partial charge is 0.266 e. The van der Waals surface area contributed by atoms with Crippen LogP contribution < -0.4 is 19.5 Å². The lowest BCUT2D eigenvalue weighted by molar-refractivity contribution is -0.122. The summed E-state index contributed by atoms with van der Waals surface area (Å²) >= 11 is 6.73. The maximum Gasteiger partial charge on any atom is 0.266 e. The zero-order valence-electron chi connectivity index (χ0n) is 18.9.